The third kappa shape index (κ3) is 8.46. The first-order chi connectivity index (χ1) is 5.98. The number of sulfone groups is 1. The molecule has 0 fully saturated rings. The highest BCUT2D eigenvalue weighted by molar-refractivity contribution is 9.11. The summed E-state index contributed by atoms with van der Waals surface area (Å²) in [7, 11) is -2.84. The Labute approximate surface area is 88.6 Å². The van der Waals surface area contributed by atoms with E-state index >= 15 is 0 Å². The van der Waals surface area contributed by atoms with Gasteiger partial charge in [0.25, 0.3) is 0 Å². The molecule has 0 unspecified atom stereocenters. The summed E-state index contributed by atoms with van der Waals surface area (Å²) in [5, 5.41) is 2.97. The molecule has 0 aromatic heterocycles. The predicted octanol–water partition coefficient (Wildman–Crippen LogP) is 1.31. The number of hydrogen-bond donors (Lipinski definition) is 1. The first-order valence-electron chi connectivity index (χ1n) is 4.22. The van der Waals surface area contributed by atoms with Crippen LogP contribution in [-0.2, 0) is 9.84 Å². The lowest BCUT2D eigenvalue weighted by molar-refractivity contribution is 0.591. The highest BCUT2D eigenvalue weighted by Gasteiger charge is 2.07. The van der Waals surface area contributed by atoms with Crippen LogP contribution >= 0.6 is 15.9 Å². The number of rotatable bonds is 7. The van der Waals surface area contributed by atoms with Gasteiger partial charge < -0.3 is 5.32 Å². The van der Waals surface area contributed by atoms with E-state index in [1.54, 1.807) is 0 Å². The first kappa shape index (κ1) is 13.1. The standard InChI is InChI=1S/C8H16BrNO2S/c1-3-5-13(11,12)6-4-10-7-8(2)9/h10H,2-7H2,1H3. The Hall–Kier alpha value is 0.130. The molecule has 0 aliphatic carbocycles. The van der Waals surface area contributed by atoms with Crippen molar-refractivity contribution in [3.63, 3.8) is 0 Å². The van der Waals surface area contributed by atoms with E-state index in [2.05, 4.69) is 27.8 Å². The zero-order valence-electron chi connectivity index (χ0n) is 7.85. The van der Waals surface area contributed by atoms with Crippen molar-refractivity contribution >= 4 is 25.8 Å². The van der Waals surface area contributed by atoms with E-state index in [4.69, 9.17) is 0 Å². The number of hydrogen-bond acceptors (Lipinski definition) is 3. The largest absolute Gasteiger partial charge is 0.311 e. The first-order valence-corrected chi connectivity index (χ1v) is 6.84. The lowest BCUT2D eigenvalue weighted by Gasteiger charge is -2.03. The summed E-state index contributed by atoms with van der Waals surface area (Å²) in [4.78, 5) is 0. The van der Waals surface area contributed by atoms with E-state index in [0.717, 1.165) is 4.48 Å². The van der Waals surface area contributed by atoms with Crippen molar-refractivity contribution < 1.29 is 8.42 Å². The van der Waals surface area contributed by atoms with Gasteiger partial charge in [0, 0.05) is 23.3 Å². The molecule has 0 aliphatic rings. The van der Waals surface area contributed by atoms with Crippen molar-refractivity contribution in [1.82, 2.24) is 5.32 Å². The SMILES string of the molecule is C=C(Br)CNCCS(=O)(=O)CCC. The van der Waals surface area contributed by atoms with Gasteiger partial charge in [0.2, 0.25) is 0 Å². The Balaban J connectivity index is 3.58. The second-order valence-corrected chi connectivity index (χ2v) is 6.27. The van der Waals surface area contributed by atoms with Crippen molar-refractivity contribution in [2.24, 2.45) is 0 Å². The molecule has 78 valence electrons. The molecule has 0 atom stereocenters. The van der Waals surface area contributed by atoms with Crippen LogP contribution in [0.3, 0.4) is 0 Å². The molecule has 1 N–H and O–H groups in total. The predicted molar refractivity (Wildman–Crippen MR) is 59.9 cm³/mol. The average molecular weight is 270 g/mol. The molecule has 0 aromatic carbocycles. The lowest BCUT2D eigenvalue weighted by atomic mass is 10.6. The Bertz CT molecular complexity index is 249. The van der Waals surface area contributed by atoms with Gasteiger partial charge in [-0.3, -0.25) is 0 Å². The minimum Gasteiger partial charge on any atom is -0.311 e. The molecule has 0 radical (unpaired) electrons. The summed E-state index contributed by atoms with van der Waals surface area (Å²) in [5.41, 5.74) is 0. The van der Waals surface area contributed by atoms with Gasteiger partial charge in [-0.2, -0.15) is 0 Å². The Kier molecular flexibility index (Phi) is 6.63. The highest BCUT2D eigenvalue weighted by Crippen LogP contribution is 1.97. The van der Waals surface area contributed by atoms with E-state index in [-0.39, 0.29) is 11.5 Å². The minimum absolute atomic E-state index is 0.209. The zero-order valence-corrected chi connectivity index (χ0v) is 10.2. The van der Waals surface area contributed by atoms with Crippen LogP contribution in [0.2, 0.25) is 0 Å². The summed E-state index contributed by atoms with van der Waals surface area (Å²) in [6.45, 7) is 6.60. The van der Waals surface area contributed by atoms with E-state index < -0.39 is 9.84 Å². The molecule has 0 amide bonds. The van der Waals surface area contributed by atoms with Crippen molar-refractivity contribution in [3.05, 3.63) is 11.1 Å². The molecule has 0 heterocycles. The number of halogens is 1. The molecule has 0 bridgehead atoms. The van der Waals surface area contributed by atoms with Crippen LogP contribution < -0.4 is 5.32 Å². The molecule has 13 heavy (non-hydrogen) atoms. The molecule has 0 saturated carbocycles. The average Bonchev–Trinajstić information content (AvgIpc) is 1.98. The Morgan fingerprint density at radius 3 is 2.54 bits per heavy atom. The molecule has 3 nitrogen and oxygen atoms in total. The summed E-state index contributed by atoms with van der Waals surface area (Å²) in [6, 6.07) is 0. The fraction of sp³-hybridized carbons (Fsp3) is 0.750. The topological polar surface area (TPSA) is 46.2 Å². The zero-order chi connectivity index (χ0) is 10.3. The van der Waals surface area contributed by atoms with Crippen LogP contribution in [-0.4, -0.2) is 33.0 Å². The molecule has 0 aromatic rings. The Morgan fingerprint density at radius 1 is 1.46 bits per heavy atom. The van der Waals surface area contributed by atoms with Crippen LogP contribution in [0.15, 0.2) is 11.1 Å². The summed E-state index contributed by atoms with van der Waals surface area (Å²) >= 11 is 3.18. The van der Waals surface area contributed by atoms with E-state index in [1.807, 2.05) is 6.92 Å². The molecular weight excluding hydrogens is 254 g/mol. The van der Waals surface area contributed by atoms with Gasteiger partial charge in [0.05, 0.1) is 5.75 Å². The molecular formula is C8H16BrNO2S. The third-order valence-electron chi connectivity index (χ3n) is 1.42. The molecule has 0 saturated heterocycles. The molecule has 0 aliphatic heterocycles. The molecule has 0 spiro atoms. The maximum absolute atomic E-state index is 11.2. The third-order valence-corrected chi connectivity index (χ3v) is 3.56. The fourth-order valence-corrected chi connectivity index (χ4v) is 2.34. The maximum Gasteiger partial charge on any atom is 0.151 e. The molecule has 0 rings (SSSR count). The fourth-order valence-electron chi connectivity index (χ4n) is 0.865. The maximum atomic E-state index is 11.2. The summed E-state index contributed by atoms with van der Waals surface area (Å²) < 4.78 is 23.2. The Morgan fingerprint density at radius 2 is 2.08 bits per heavy atom. The van der Waals surface area contributed by atoms with Crippen LogP contribution in [0.5, 0.6) is 0 Å². The van der Waals surface area contributed by atoms with Gasteiger partial charge in [-0.15, -0.1) is 0 Å². The second-order valence-electron chi connectivity index (χ2n) is 2.85. The van der Waals surface area contributed by atoms with Crippen LogP contribution in [0.1, 0.15) is 13.3 Å². The van der Waals surface area contributed by atoms with E-state index in [9.17, 15) is 8.42 Å². The van der Waals surface area contributed by atoms with Crippen molar-refractivity contribution in [2.75, 3.05) is 24.6 Å². The van der Waals surface area contributed by atoms with Crippen molar-refractivity contribution in [3.8, 4) is 0 Å². The normalized spacial score (nSPS) is 11.5. The van der Waals surface area contributed by atoms with Gasteiger partial charge in [-0.05, 0) is 6.42 Å². The summed E-state index contributed by atoms with van der Waals surface area (Å²) in [6.07, 6.45) is 0.688. The quantitative estimate of drug-likeness (QED) is 0.709. The highest BCUT2D eigenvalue weighted by atomic mass is 79.9. The minimum atomic E-state index is -2.84. The van der Waals surface area contributed by atoms with Crippen molar-refractivity contribution in [2.45, 2.75) is 13.3 Å². The smallest absolute Gasteiger partial charge is 0.151 e. The van der Waals surface area contributed by atoms with Crippen LogP contribution in [0.25, 0.3) is 0 Å². The van der Waals surface area contributed by atoms with Gasteiger partial charge in [-0.25, -0.2) is 8.42 Å². The molecule has 5 heteroatoms. The van der Waals surface area contributed by atoms with Gasteiger partial charge in [0.1, 0.15) is 0 Å². The van der Waals surface area contributed by atoms with Crippen LogP contribution in [0.4, 0.5) is 0 Å². The monoisotopic (exact) mass is 269 g/mol. The van der Waals surface area contributed by atoms with Gasteiger partial charge in [-0.1, -0.05) is 29.4 Å². The van der Waals surface area contributed by atoms with Gasteiger partial charge in [0.15, 0.2) is 9.84 Å². The van der Waals surface area contributed by atoms with Crippen molar-refractivity contribution in [1.29, 1.82) is 0 Å². The lowest BCUT2D eigenvalue weighted by Crippen LogP contribution is -2.25. The van der Waals surface area contributed by atoms with Gasteiger partial charge >= 0.3 is 0 Å². The van der Waals surface area contributed by atoms with E-state index in [1.165, 1.54) is 0 Å². The second kappa shape index (κ2) is 6.56. The van der Waals surface area contributed by atoms with E-state index in [0.29, 0.717) is 19.5 Å². The van der Waals surface area contributed by atoms with Crippen LogP contribution in [0, 0.1) is 0 Å². The summed E-state index contributed by atoms with van der Waals surface area (Å²) in [5.74, 6) is 0.491. The number of nitrogens with one attached hydrogen (secondary N) is 1.